The van der Waals surface area contributed by atoms with Crippen molar-refractivity contribution >= 4 is 23.1 Å². The summed E-state index contributed by atoms with van der Waals surface area (Å²) in [6.07, 6.45) is 4.69. The number of halogens is 1. The molecule has 0 amide bonds. The Kier molecular flexibility index (Phi) is 2.96. The standard InChI is InChI=1S/C10H11ClN4O/c1-15(4-7-2-3-16-5-7)10-8(12)9(11)13-6-14-10/h2-3,5-6H,4,12H2,1H3. The van der Waals surface area contributed by atoms with Crippen molar-refractivity contribution in [1.82, 2.24) is 9.97 Å². The van der Waals surface area contributed by atoms with Gasteiger partial charge in [-0.25, -0.2) is 9.97 Å². The van der Waals surface area contributed by atoms with Crippen LogP contribution in [0, 0.1) is 0 Å². The second-order valence-electron chi connectivity index (χ2n) is 3.39. The van der Waals surface area contributed by atoms with Crippen molar-refractivity contribution in [3.05, 3.63) is 35.6 Å². The second-order valence-corrected chi connectivity index (χ2v) is 3.75. The van der Waals surface area contributed by atoms with Gasteiger partial charge in [0.1, 0.15) is 12.0 Å². The molecule has 16 heavy (non-hydrogen) atoms. The minimum absolute atomic E-state index is 0.268. The molecule has 2 N–H and O–H groups in total. The molecule has 0 aromatic carbocycles. The number of nitrogens with two attached hydrogens (primary N) is 1. The lowest BCUT2D eigenvalue weighted by Crippen LogP contribution is -2.19. The lowest BCUT2D eigenvalue weighted by molar-refractivity contribution is 0.563. The van der Waals surface area contributed by atoms with Crippen LogP contribution in [-0.2, 0) is 6.54 Å². The van der Waals surface area contributed by atoms with Crippen LogP contribution >= 0.6 is 11.6 Å². The molecule has 2 rings (SSSR count). The zero-order valence-corrected chi connectivity index (χ0v) is 9.48. The van der Waals surface area contributed by atoms with Crippen LogP contribution in [0.2, 0.25) is 5.15 Å². The van der Waals surface area contributed by atoms with Gasteiger partial charge in [-0.15, -0.1) is 0 Å². The van der Waals surface area contributed by atoms with E-state index in [0.717, 1.165) is 5.56 Å². The molecular formula is C10H11ClN4O. The molecule has 0 radical (unpaired) electrons. The minimum Gasteiger partial charge on any atom is -0.472 e. The molecule has 6 heteroatoms. The van der Waals surface area contributed by atoms with E-state index >= 15 is 0 Å². The quantitative estimate of drug-likeness (QED) is 0.828. The van der Waals surface area contributed by atoms with Crippen molar-refractivity contribution in [2.24, 2.45) is 0 Å². The molecule has 0 aliphatic carbocycles. The van der Waals surface area contributed by atoms with Gasteiger partial charge in [0.25, 0.3) is 0 Å². The summed E-state index contributed by atoms with van der Waals surface area (Å²) in [7, 11) is 1.88. The fourth-order valence-corrected chi connectivity index (χ4v) is 1.53. The van der Waals surface area contributed by atoms with Crippen molar-refractivity contribution in [3.8, 4) is 0 Å². The number of furan rings is 1. The highest BCUT2D eigenvalue weighted by Crippen LogP contribution is 2.25. The third kappa shape index (κ3) is 2.09. The third-order valence-electron chi connectivity index (χ3n) is 2.18. The maximum Gasteiger partial charge on any atom is 0.157 e. The average Bonchev–Trinajstić information content (AvgIpc) is 2.74. The van der Waals surface area contributed by atoms with E-state index in [1.165, 1.54) is 6.33 Å². The van der Waals surface area contributed by atoms with Crippen LogP contribution in [0.4, 0.5) is 11.5 Å². The van der Waals surface area contributed by atoms with Crippen LogP contribution < -0.4 is 10.6 Å². The Labute approximate surface area is 97.9 Å². The summed E-state index contributed by atoms with van der Waals surface area (Å²) >= 11 is 5.82. The van der Waals surface area contributed by atoms with Crippen LogP contribution in [0.25, 0.3) is 0 Å². The van der Waals surface area contributed by atoms with Crippen molar-refractivity contribution in [3.63, 3.8) is 0 Å². The summed E-state index contributed by atoms with van der Waals surface area (Å²) in [5.74, 6) is 0.612. The summed E-state index contributed by atoms with van der Waals surface area (Å²) in [5, 5.41) is 0.268. The molecule has 0 unspecified atom stereocenters. The van der Waals surface area contributed by atoms with Gasteiger partial charge in [0.2, 0.25) is 0 Å². The summed E-state index contributed by atoms with van der Waals surface area (Å²) < 4.78 is 4.99. The number of hydrogen-bond acceptors (Lipinski definition) is 5. The van der Waals surface area contributed by atoms with Crippen LogP contribution in [0.3, 0.4) is 0 Å². The van der Waals surface area contributed by atoms with Crippen LogP contribution in [-0.4, -0.2) is 17.0 Å². The molecule has 0 aliphatic heterocycles. The van der Waals surface area contributed by atoms with E-state index in [1.54, 1.807) is 12.5 Å². The Hall–Kier alpha value is -1.75. The molecule has 0 fully saturated rings. The second kappa shape index (κ2) is 4.40. The topological polar surface area (TPSA) is 68.2 Å². The molecule has 2 heterocycles. The lowest BCUT2D eigenvalue weighted by Gasteiger charge is -2.18. The van der Waals surface area contributed by atoms with E-state index in [2.05, 4.69) is 9.97 Å². The smallest absolute Gasteiger partial charge is 0.157 e. The molecular weight excluding hydrogens is 228 g/mol. The van der Waals surface area contributed by atoms with Crippen LogP contribution in [0.5, 0.6) is 0 Å². The van der Waals surface area contributed by atoms with Crippen molar-refractivity contribution in [2.45, 2.75) is 6.54 Å². The third-order valence-corrected chi connectivity index (χ3v) is 2.48. The van der Waals surface area contributed by atoms with Crippen LogP contribution in [0.1, 0.15) is 5.56 Å². The van der Waals surface area contributed by atoms with E-state index < -0.39 is 0 Å². The maximum absolute atomic E-state index is 5.82. The number of rotatable bonds is 3. The Morgan fingerprint density at radius 2 is 2.31 bits per heavy atom. The molecule has 5 nitrogen and oxygen atoms in total. The molecule has 0 saturated heterocycles. The summed E-state index contributed by atoms with van der Waals surface area (Å²) in [5.41, 5.74) is 7.21. The Bertz CT molecular complexity index is 472. The van der Waals surface area contributed by atoms with Gasteiger partial charge in [0, 0.05) is 19.2 Å². The summed E-state index contributed by atoms with van der Waals surface area (Å²) in [6.45, 7) is 0.647. The van der Waals surface area contributed by atoms with Gasteiger partial charge >= 0.3 is 0 Å². The first-order chi connectivity index (χ1) is 7.68. The van der Waals surface area contributed by atoms with Gasteiger partial charge in [0.05, 0.1) is 12.5 Å². The Morgan fingerprint density at radius 1 is 1.50 bits per heavy atom. The first-order valence-electron chi connectivity index (χ1n) is 4.66. The monoisotopic (exact) mass is 238 g/mol. The van der Waals surface area contributed by atoms with E-state index in [4.69, 9.17) is 21.8 Å². The summed E-state index contributed by atoms with van der Waals surface area (Å²) in [4.78, 5) is 9.78. The minimum atomic E-state index is 0.268. The highest BCUT2D eigenvalue weighted by molar-refractivity contribution is 6.32. The van der Waals surface area contributed by atoms with Gasteiger partial charge in [-0.3, -0.25) is 0 Å². The highest BCUT2D eigenvalue weighted by Gasteiger charge is 2.11. The molecule has 0 saturated carbocycles. The SMILES string of the molecule is CN(Cc1ccoc1)c1ncnc(Cl)c1N. The van der Waals surface area contributed by atoms with Crippen molar-refractivity contribution in [1.29, 1.82) is 0 Å². The van der Waals surface area contributed by atoms with Gasteiger partial charge in [0.15, 0.2) is 11.0 Å². The van der Waals surface area contributed by atoms with Gasteiger partial charge in [-0.2, -0.15) is 0 Å². The van der Waals surface area contributed by atoms with Crippen LogP contribution in [0.15, 0.2) is 29.3 Å². The molecule has 0 aliphatic rings. The van der Waals surface area contributed by atoms with E-state index in [-0.39, 0.29) is 5.15 Å². The Morgan fingerprint density at radius 3 is 3.00 bits per heavy atom. The van der Waals surface area contributed by atoms with E-state index in [9.17, 15) is 0 Å². The normalized spacial score (nSPS) is 10.4. The fraction of sp³-hybridized carbons (Fsp3) is 0.200. The largest absolute Gasteiger partial charge is 0.472 e. The average molecular weight is 239 g/mol. The first-order valence-corrected chi connectivity index (χ1v) is 5.04. The number of nitrogen functional groups attached to an aromatic ring is 1. The molecule has 0 bridgehead atoms. The fourth-order valence-electron chi connectivity index (χ4n) is 1.40. The molecule has 0 spiro atoms. The lowest BCUT2D eigenvalue weighted by atomic mass is 10.3. The predicted octanol–water partition coefficient (Wildman–Crippen LogP) is 1.94. The molecule has 2 aromatic heterocycles. The summed E-state index contributed by atoms with van der Waals surface area (Å²) in [6, 6.07) is 1.88. The predicted molar refractivity (Wildman–Crippen MR) is 62.3 cm³/mol. The van der Waals surface area contributed by atoms with Gasteiger partial charge < -0.3 is 15.1 Å². The number of anilines is 2. The van der Waals surface area contributed by atoms with Crippen molar-refractivity contribution < 1.29 is 4.42 Å². The number of hydrogen-bond donors (Lipinski definition) is 1. The maximum atomic E-state index is 5.82. The number of nitrogens with zero attached hydrogens (tertiary/aromatic N) is 3. The molecule has 2 aromatic rings. The van der Waals surface area contributed by atoms with E-state index in [1.807, 2.05) is 18.0 Å². The Balaban J connectivity index is 2.21. The first kappa shape index (κ1) is 10.8. The zero-order chi connectivity index (χ0) is 11.5. The molecule has 84 valence electrons. The zero-order valence-electron chi connectivity index (χ0n) is 8.72. The molecule has 0 atom stereocenters. The van der Waals surface area contributed by atoms with E-state index in [0.29, 0.717) is 18.1 Å². The van der Waals surface area contributed by atoms with Crippen molar-refractivity contribution in [2.75, 3.05) is 17.7 Å². The highest BCUT2D eigenvalue weighted by atomic mass is 35.5. The number of aromatic nitrogens is 2. The van der Waals surface area contributed by atoms with Gasteiger partial charge in [-0.05, 0) is 6.07 Å². The van der Waals surface area contributed by atoms with Gasteiger partial charge in [-0.1, -0.05) is 11.6 Å².